The van der Waals surface area contributed by atoms with Crippen LogP contribution in [0.5, 0.6) is 0 Å². The van der Waals surface area contributed by atoms with Crippen LogP contribution < -0.4 is 5.32 Å². The number of nitrogens with one attached hydrogen (secondary N) is 1. The molecule has 1 N–H and O–H groups in total. The van der Waals surface area contributed by atoms with E-state index in [-0.39, 0.29) is 11.7 Å². The number of carbonyl (C=O) groups is 1. The van der Waals surface area contributed by atoms with E-state index in [1.807, 2.05) is 36.6 Å². The zero-order chi connectivity index (χ0) is 16.1. The summed E-state index contributed by atoms with van der Waals surface area (Å²) in [5.74, 6) is 0.134. The average molecular weight is 382 g/mol. The lowest BCUT2D eigenvalue weighted by atomic mass is 10.2. The third kappa shape index (κ3) is 4.50. The van der Waals surface area contributed by atoms with Gasteiger partial charge in [-0.25, -0.2) is 4.98 Å². The van der Waals surface area contributed by atoms with E-state index in [0.717, 1.165) is 20.1 Å². The standard InChI is InChI=1S/C13H11N5OS4/c1-20-12-15-13(23-18-12)21-7-9(19)14-11-17-16-10(22-11)8-5-3-2-4-6-8/h2-6H,7H2,1H3,(H,14,17,19). The minimum absolute atomic E-state index is 0.133. The molecule has 0 radical (unpaired) electrons. The number of rotatable bonds is 6. The molecule has 1 amide bonds. The van der Waals surface area contributed by atoms with Crippen LogP contribution >= 0.6 is 46.4 Å². The molecule has 0 fully saturated rings. The summed E-state index contributed by atoms with van der Waals surface area (Å²) < 4.78 is 4.94. The molecule has 3 rings (SSSR count). The highest BCUT2D eigenvalue weighted by atomic mass is 32.2. The van der Waals surface area contributed by atoms with Gasteiger partial charge in [0.25, 0.3) is 0 Å². The van der Waals surface area contributed by atoms with E-state index in [1.54, 1.807) is 0 Å². The highest BCUT2D eigenvalue weighted by molar-refractivity contribution is 8.01. The molecular weight excluding hydrogens is 370 g/mol. The third-order valence-corrected chi connectivity index (χ3v) is 5.97. The number of hydrogen-bond acceptors (Lipinski definition) is 9. The van der Waals surface area contributed by atoms with E-state index in [0.29, 0.717) is 5.13 Å². The summed E-state index contributed by atoms with van der Waals surface area (Å²) >= 11 is 5.50. The molecular formula is C13H11N5OS4. The van der Waals surface area contributed by atoms with Crippen molar-refractivity contribution in [3.63, 3.8) is 0 Å². The first kappa shape index (κ1) is 16.4. The van der Waals surface area contributed by atoms with Gasteiger partial charge in [-0.1, -0.05) is 65.2 Å². The van der Waals surface area contributed by atoms with Crippen molar-refractivity contribution >= 4 is 57.4 Å². The molecule has 0 aliphatic heterocycles. The smallest absolute Gasteiger partial charge is 0.236 e. The maximum atomic E-state index is 12.0. The topological polar surface area (TPSA) is 80.7 Å². The number of aromatic nitrogens is 4. The lowest BCUT2D eigenvalue weighted by Crippen LogP contribution is -2.13. The first-order valence-electron chi connectivity index (χ1n) is 6.44. The first-order chi connectivity index (χ1) is 11.2. The molecule has 0 atom stereocenters. The van der Waals surface area contributed by atoms with Gasteiger partial charge in [0.2, 0.25) is 16.2 Å². The van der Waals surface area contributed by atoms with Crippen LogP contribution in [-0.4, -0.2) is 37.5 Å². The number of carbonyl (C=O) groups excluding carboxylic acids is 1. The van der Waals surface area contributed by atoms with Crippen LogP contribution in [0.15, 0.2) is 39.8 Å². The zero-order valence-electron chi connectivity index (χ0n) is 11.9. The van der Waals surface area contributed by atoms with E-state index in [9.17, 15) is 4.79 Å². The normalized spacial score (nSPS) is 10.7. The van der Waals surface area contributed by atoms with Gasteiger partial charge in [-0.2, -0.15) is 4.37 Å². The van der Waals surface area contributed by atoms with Crippen LogP contribution in [0.3, 0.4) is 0 Å². The Labute approximate surface area is 149 Å². The van der Waals surface area contributed by atoms with Crippen molar-refractivity contribution in [3.05, 3.63) is 30.3 Å². The molecule has 23 heavy (non-hydrogen) atoms. The Morgan fingerprint density at radius 2 is 2.09 bits per heavy atom. The average Bonchev–Trinajstić information content (AvgIpc) is 3.23. The second-order valence-electron chi connectivity index (χ2n) is 4.16. The fraction of sp³-hybridized carbons (Fsp3) is 0.154. The van der Waals surface area contributed by atoms with Gasteiger partial charge in [0, 0.05) is 5.56 Å². The third-order valence-electron chi connectivity index (χ3n) is 2.59. The molecule has 0 saturated heterocycles. The van der Waals surface area contributed by atoms with E-state index >= 15 is 0 Å². The largest absolute Gasteiger partial charge is 0.300 e. The Kier molecular flexibility index (Phi) is 5.60. The van der Waals surface area contributed by atoms with Gasteiger partial charge in [-0.3, -0.25) is 10.1 Å². The summed E-state index contributed by atoms with van der Waals surface area (Å²) in [5.41, 5.74) is 0.985. The number of benzene rings is 1. The lowest BCUT2D eigenvalue weighted by molar-refractivity contribution is -0.113. The zero-order valence-corrected chi connectivity index (χ0v) is 15.2. The molecule has 2 aromatic heterocycles. The Bertz CT molecular complexity index is 789. The van der Waals surface area contributed by atoms with Crippen molar-refractivity contribution in [2.24, 2.45) is 0 Å². The summed E-state index contributed by atoms with van der Waals surface area (Å²) in [6.45, 7) is 0. The van der Waals surface area contributed by atoms with E-state index in [2.05, 4.69) is 24.9 Å². The van der Waals surface area contributed by atoms with Crippen molar-refractivity contribution in [3.8, 4) is 10.6 Å². The van der Waals surface area contributed by atoms with Gasteiger partial charge >= 0.3 is 0 Å². The van der Waals surface area contributed by atoms with Crippen LogP contribution in [0.25, 0.3) is 10.6 Å². The van der Waals surface area contributed by atoms with Gasteiger partial charge < -0.3 is 0 Å². The van der Waals surface area contributed by atoms with Gasteiger partial charge in [0.1, 0.15) is 5.01 Å². The van der Waals surface area contributed by atoms with Crippen molar-refractivity contribution in [2.45, 2.75) is 9.50 Å². The summed E-state index contributed by atoms with van der Waals surface area (Å²) in [6.07, 6.45) is 1.92. The molecule has 1 aromatic carbocycles. The number of amides is 1. The maximum Gasteiger partial charge on any atom is 0.236 e. The molecule has 0 unspecified atom stereocenters. The first-order valence-corrected chi connectivity index (χ1v) is 10.2. The van der Waals surface area contributed by atoms with Crippen LogP contribution in [0.1, 0.15) is 0 Å². The molecule has 118 valence electrons. The monoisotopic (exact) mass is 381 g/mol. The van der Waals surface area contributed by atoms with Gasteiger partial charge in [-0.05, 0) is 17.8 Å². The molecule has 10 heteroatoms. The number of anilines is 1. The van der Waals surface area contributed by atoms with Crippen molar-refractivity contribution in [1.82, 2.24) is 19.6 Å². The highest BCUT2D eigenvalue weighted by Gasteiger charge is 2.11. The van der Waals surface area contributed by atoms with Crippen molar-refractivity contribution in [2.75, 3.05) is 17.3 Å². The molecule has 0 bridgehead atoms. The van der Waals surface area contributed by atoms with Crippen molar-refractivity contribution < 1.29 is 4.79 Å². The summed E-state index contributed by atoms with van der Waals surface area (Å²) in [6, 6.07) is 9.74. The fourth-order valence-electron chi connectivity index (χ4n) is 1.59. The number of hydrogen-bond donors (Lipinski definition) is 1. The number of thioether (sulfide) groups is 2. The van der Waals surface area contributed by atoms with E-state index < -0.39 is 0 Å². The quantitative estimate of drug-likeness (QED) is 0.654. The van der Waals surface area contributed by atoms with Crippen LogP contribution in [0, 0.1) is 0 Å². The minimum Gasteiger partial charge on any atom is -0.300 e. The molecule has 0 spiro atoms. The lowest BCUT2D eigenvalue weighted by Gasteiger charge is -1.98. The van der Waals surface area contributed by atoms with E-state index in [1.165, 1.54) is 46.4 Å². The van der Waals surface area contributed by atoms with Crippen LogP contribution in [0.4, 0.5) is 5.13 Å². The molecule has 0 saturated carbocycles. The molecule has 0 aliphatic rings. The molecule has 3 aromatic rings. The Hall–Kier alpha value is -1.49. The SMILES string of the molecule is CSc1nsc(SCC(=O)Nc2nnc(-c3ccccc3)s2)n1. The van der Waals surface area contributed by atoms with Crippen LogP contribution in [0.2, 0.25) is 0 Å². The number of nitrogens with zero attached hydrogens (tertiary/aromatic N) is 4. The molecule has 6 nitrogen and oxygen atoms in total. The predicted molar refractivity (Wildman–Crippen MR) is 96.4 cm³/mol. The Balaban J connectivity index is 1.55. The Morgan fingerprint density at radius 1 is 1.26 bits per heavy atom. The maximum absolute atomic E-state index is 12.0. The second kappa shape index (κ2) is 7.86. The van der Waals surface area contributed by atoms with E-state index in [4.69, 9.17) is 0 Å². The molecule has 2 heterocycles. The van der Waals surface area contributed by atoms with Gasteiger partial charge in [0.15, 0.2) is 4.34 Å². The minimum atomic E-state index is -0.133. The van der Waals surface area contributed by atoms with Gasteiger partial charge in [0.05, 0.1) is 5.75 Å². The molecule has 0 aliphatic carbocycles. The predicted octanol–water partition coefficient (Wildman–Crippen LogP) is 3.51. The van der Waals surface area contributed by atoms with Gasteiger partial charge in [-0.15, -0.1) is 10.2 Å². The highest BCUT2D eigenvalue weighted by Crippen LogP contribution is 2.27. The fourth-order valence-corrected chi connectivity index (χ4v) is 4.37. The summed E-state index contributed by atoms with van der Waals surface area (Å²) in [7, 11) is 0. The van der Waals surface area contributed by atoms with Crippen molar-refractivity contribution in [1.29, 1.82) is 0 Å². The summed E-state index contributed by atoms with van der Waals surface area (Å²) in [4.78, 5) is 16.2. The second-order valence-corrected chi connectivity index (χ2v) is 7.89. The Morgan fingerprint density at radius 3 is 2.83 bits per heavy atom. The summed E-state index contributed by atoms with van der Waals surface area (Å²) in [5, 5.41) is 12.9. The van der Waals surface area contributed by atoms with Crippen LogP contribution in [-0.2, 0) is 4.79 Å².